The molecule has 0 amide bonds. The Labute approximate surface area is 179 Å². The van der Waals surface area contributed by atoms with Crippen molar-refractivity contribution in [2.75, 3.05) is 42.7 Å². The minimum Gasteiger partial charge on any atom is -0.466 e. The zero-order valence-corrected chi connectivity index (χ0v) is 18.2. The highest BCUT2D eigenvalue weighted by atomic mass is 32.2. The van der Waals surface area contributed by atoms with Crippen LogP contribution in [0.15, 0.2) is 12.7 Å². The fourth-order valence-electron chi connectivity index (χ4n) is 4.38. The molecule has 0 radical (unpaired) electrons. The molecule has 0 spiro atoms. The van der Waals surface area contributed by atoms with Gasteiger partial charge in [0.2, 0.25) is 0 Å². The first-order chi connectivity index (χ1) is 14.6. The number of carbonyl (C=O) groups is 2. The molecule has 30 heavy (non-hydrogen) atoms. The molecule has 9 nitrogen and oxygen atoms in total. The van der Waals surface area contributed by atoms with Crippen LogP contribution in [0.4, 0.5) is 5.82 Å². The molecule has 2 fully saturated rings. The molecule has 0 bridgehead atoms. The normalized spacial score (nSPS) is 23.8. The standard InChI is InChI=1S/C20H27N5O4S/c1-3-28-15(26)9-14-10-30-11-20(14,19(27)29-4-2)25-13-23-16-17(21-12-22-18(16)25)24-7-5-6-8-24/h12-14H,3-11H2,1-2H3/t14-,20-/m0/s1. The Bertz CT molecular complexity index is 929. The van der Waals surface area contributed by atoms with Crippen LogP contribution >= 0.6 is 11.8 Å². The smallest absolute Gasteiger partial charge is 0.333 e. The third-order valence-electron chi connectivity index (χ3n) is 5.81. The van der Waals surface area contributed by atoms with E-state index in [-0.39, 0.29) is 30.9 Å². The molecule has 0 aromatic carbocycles. The Hall–Kier alpha value is -2.36. The fourth-order valence-corrected chi connectivity index (χ4v) is 5.98. The SMILES string of the molecule is CCOC(=O)C[C@H]1CSC[C@]1(C(=O)OCC)n1cnc2c(N3CCCC3)ncnc21. The number of hydrogen-bond donors (Lipinski definition) is 0. The number of fused-ring (bicyclic) bond motifs is 1. The number of carbonyl (C=O) groups excluding carboxylic acids is 2. The van der Waals surface area contributed by atoms with Gasteiger partial charge in [0.1, 0.15) is 6.33 Å². The summed E-state index contributed by atoms with van der Waals surface area (Å²) in [4.78, 5) is 41.4. The van der Waals surface area contributed by atoms with Gasteiger partial charge in [-0.2, -0.15) is 11.8 Å². The van der Waals surface area contributed by atoms with E-state index in [9.17, 15) is 9.59 Å². The third kappa shape index (κ3) is 3.51. The topological polar surface area (TPSA) is 99.4 Å². The average Bonchev–Trinajstić information content (AvgIpc) is 3.48. The van der Waals surface area contributed by atoms with Gasteiger partial charge in [0.25, 0.3) is 0 Å². The maximum atomic E-state index is 13.3. The Balaban J connectivity index is 1.80. The second-order valence-corrected chi connectivity index (χ2v) is 8.57. The Kier molecular flexibility index (Phi) is 6.12. The number of thioether (sulfide) groups is 1. The number of imidazole rings is 1. The van der Waals surface area contributed by atoms with Crippen LogP contribution in [-0.4, -0.2) is 69.3 Å². The van der Waals surface area contributed by atoms with E-state index in [1.807, 2.05) is 4.57 Å². The zero-order chi connectivity index (χ0) is 21.1. The maximum absolute atomic E-state index is 13.3. The molecule has 2 aromatic heterocycles. The van der Waals surface area contributed by atoms with Gasteiger partial charge in [0.15, 0.2) is 22.5 Å². The van der Waals surface area contributed by atoms with E-state index in [2.05, 4.69) is 19.9 Å². The minimum atomic E-state index is -1.06. The van der Waals surface area contributed by atoms with E-state index in [0.717, 1.165) is 31.7 Å². The molecular weight excluding hydrogens is 406 g/mol. The highest BCUT2D eigenvalue weighted by molar-refractivity contribution is 7.99. The van der Waals surface area contributed by atoms with Gasteiger partial charge in [-0.3, -0.25) is 9.36 Å². The summed E-state index contributed by atoms with van der Waals surface area (Å²) in [5.74, 6) is 0.998. The summed E-state index contributed by atoms with van der Waals surface area (Å²) in [6.07, 6.45) is 5.56. The molecule has 162 valence electrons. The quantitative estimate of drug-likeness (QED) is 0.607. The van der Waals surface area contributed by atoms with Gasteiger partial charge < -0.3 is 14.4 Å². The highest BCUT2D eigenvalue weighted by Gasteiger charge is 2.54. The lowest BCUT2D eigenvalue weighted by Gasteiger charge is -2.33. The van der Waals surface area contributed by atoms with Crippen molar-refractivity contribution in [3.8, 4) is 0 Å². The second kappa shape index (κ2) is 8.79. The number of nitrogens with zero attached hydrogens (tertiary/aromatic N) is 5. The number of hydrogen-bond acceptors (Lipinski definition) is 9. The van der Waals surface area contributed by atoms with Crippen LogP contribution < -0.4 is 4.90 Å². The molecule has 2 aliphatic heterocycles. The molecule has 4 heterocycles. The van der Waals surface area contributed by atoms with E-state index >= 15 is 0 Å². The molecule has 10 heteroatoms. The fraction of sp³-hybridized carbons (Fsp3) is 0.650. The molecular formula is C20H27N5O4S. The Morgan fingerprint density at radius 2 is 1.93 bits per heavy atom. The lowest BCUT2D eigenvalue weighted by molar-refractivity contribution is -0.156. The predicted octanol–water partition coefficient (Wildman–Crippen LogP) is 2.00. The van der Waals surface area contributed by atoms with Gasteiger partial charge in [0.05, 0.1) is 26.0 Å². The molecule has 2 aliphatic rings. The molecule has 4 rings (SSSR count). The molecule has 0 N–H and O–H groups in total. The van der Waals surface area contributed by atoms with Crippen molar-refractivity contribution in [1.29, 1.82) is 0 Å². The number of esters is 2. The summed E-state index contributed by atoms with van der Waals surface area (Å²) in [5, 5.41) is 0. The number of aromatic nitrogens is 4. The maximum Gasteiger partial charge on any atom is 0.333 e. The largest absolute Gasteiger partial charge is 0.466 e. The lowest BCUT2D eigenvalue weighted by atomic mass is 9.84. The van der Waals surface area contributed by atoms with Crippen LogP contribution in [-0.2, 0) is 24.6 Å². The lowest BCUT2D eigenvalue weighted by Crippen LogP contribution is -2.49. The van der Waals surface area contributed by atoms with Crippen LogP contribution in [0.5, 0.6) is 0 Å². The van der Waals surface area contributed by atoms with Crippen LogP contribution in [0.2, 0.25) is 0 Å². The van der Waals surface area contributed by atoms with Crippen LogP contribution in [0.1, 0.15) is 33.1 Å². The van der Waals surface area contributed by atoms with Gasteiger partial charge >= 0.3 is 11.9 Å². The van der Waals surface area contributed by atoms with Gasteiger partial charge in [-0.15, -0.1) is 0 Å². The van der Waals surface area contributed by atoms with Crippen LogP contribution in [0.25, 0.3) is 11.2 Å². The first-order valence-electron chi connectivity index (χ1n) is 10.5. The van der Waals surface area contributed by atoms with Crippen molar-refractivity contribution < 1.29 is 19.1 Å². The Morgan fingerprint density at radius 1 is 1.17 bits per heavy atom. The summed E-state index contributed by atoms with van der Waals surface area (Å²) < 4.78 is 12.5. The molecule has 2 atom stereocenters. The van der Waals surface area contributed by atoms with E-state index in [1.165, 1.54) is 6.33 Å². The van der Waals surface area contributed by atoms with Crippen molar-refractivity contribution in [3.63, 3.8) is 0 Å². The van der Waals surface area contributed by atoms with Gasteiger partial charge in [-0.25, -0.2) is 19.7 Å². The summed E-state index contributed by atoms with van der Waals surface area (Å²) in [6.45, 7) is 6.00. The predicted molar refractivity (Wildman–Crippen MR) is 113 cm³/mol. The van der Waals surface area contributed by atoms with Crippen LogP contribution in [0, 0.1) is 5.92 Å². The molecule has 0 aliphatic carbocycles. The number of ether oxygens (including phenoxy) is 2. The first-order valence-corrected chi connectivity index (χ1v) is 11.6. The summed E-state index contributed by atoms with van der Waals surface area (Å²) >= 11 is 1.63. The van der Waals surface area contributed by atoms with Crippen molar-refractivity contribution in [3.05, 3.63) is 12.7 Å². The first kappa shape index (κ1) is 20.9. The summed E-state index contributed by atoms with van der Waals surface area (Å²) in [7, 11) is 0. The van der Waals surface area contributed by atoms with Crippen LogP contribution in [0.3, 0.4) is 0 Å². The second-order valence-electron chi connectivity index (χ2n) is 7.54. The average molecular weight is 434 g/mol. The summed E-state index contributed by atoms with van der Waals surface area (Å²) in [6, 6.07) is 0. The van der Waals surface area contributed by atoms with Gasteiger partial charge in [-0.1, -0.05) is 0 Å². The monoisotopic (exact) mass is 433 g/mol. The van der Waals surface area contributed by atoms with E-state index in [1.54, 1.807) is 31.9 Å². The van der Waals surface area contributed by atoms with E-state index < -0.39 is 5.54 Å². The van der Waals surface area contributed by atoms with Gasteiger partial charge in [0, 0.05) is 24.8 Å². The number of rotatable bonds is 7. The zero-order valence-electron chi connectivity index (χ0n) is 17.4. The Morgan fingerprint density at radius 3 is 2.67 bits per heavy atom. The third-order valence-corrected chi connectivity index (χ3v) is 7.10. The van der Waals surface area contributed by atoms with Crippen molar-refractivity contribution in [2.24, 2.45) is 5.92 Å². The van der Waals surface area contributed by atoms with Crippen molar-refractivity contribution in [2.45, 2.75) is 38.6 Å². The van der Waals surface area contributed by atoms with E-state index in [4.69, 9.17) is 9.47 Å². The molecule has 2 saturated heterocycles. The molecule has 0 saturated carbocycles. The van der Waals surface area contributed by atoms with E-state index in [0.29, 0.717) is 29.3 Å². The molecule has 2 aromatic rings. The highest BCUT2D eigenvalue weighted by Crippen LogP contribution is 2.44. The van der Waals surface area contributed by atoms with Gasteiger partial charge in [-0.05, 0) is 32.4 Å². The van der Waals surface area contributed by atoms with Crippen molar-refractivity contribution in [1.82, 2.24) is 19.5 Å². The van der Waals surface area contributed by atoms with Crippen molar-refractivity contribution >= 4 is 40.7 Å². The molecule has 0 unspecified atom stereocenters. The number of anilines is 1. The minimum absolute atomic E-state index is 0.142. The summed E-state index contributed by atoms with van der Waals surface area (Å²) in [5.41, 5.74) is 0.213.